The lowest BCUT2D eigenvalue weighted by Gasteiger charge is -2.09. The molecule has 28 heavy (non-hydrogen) atoms. The molecular weight excluding hydrogens is 380 g/mol. The highest BCUT2D eigenvalue weighted by Gasteiger charge is 2.15. The van der Waals surface area contributed by atoms with E-state index in [-0.39, 0.29) is 5.91 Å². The van der Waals surface area contributed by atoms with Crippen molar-refractivity contribution in [3.63, 3.8) is 0 Å². The highest BCUT2D eigenvalue weighted by Crippen LogP contribution is 2.33. The second-order valence-electron chi connectivity index (χ2n) is 6.11. The summed E-state index contributed by atoms with van der Waals surface area (Å²) in [6, 6.07) is 5.54. The number of ether oxygens (including phenoxy) is 3. The van der Waals surface area contributed by atoms with Crippen molar-refractivity contribution < 1.29 is 19.0 Å². The fourth-order valence-electron chi connectivity index (χ4n) is 2.96. The van der Waals surface area contributed by atoms with Crippen LogP contribution in [0.1, 0.15) is 23.1 Å². The molecule has 3 aromatic rings. The molecule has 0 fully saturated rings. The first-order chi connectivity index (χ1) is 13.5. The van der Waals surface area contributed by atoms with Gasteiger partial charge < -0.3 is 18.8 Å². The predicted octanol–water partition coefficient (Wildman–Crippen LogP) is 2.63. The monoisotopic (exact) mass is 404 g/mol. The Morgan fingerprint density at radius 3 is 2.50 bits per heavy atom. The Morgan fingerprint density at radius 2 is 1.89 bits per heavy atom. The zero-order valence-electron chi connectivity index (χ0n) is 16.7. The molecule has 0 unspecified atom stereocenters. The van der Waals surface area contributed by atoms with Crippen molar-refractivity contribution in [3.05, 3.63) is 34.4 Å². The van der Waals surface area contributed by atoms with Gasteiger partial charge >= 0.3 is 0 Å². The number of thiazole rings is 1. The Labute approximate surface area is 167 Å². The molecule has 150 valence electrons. The lowest BCUT2D eigenvalue weighted by molar-refractivity contribution is 0.0992. The van der Waals surface area contributed by atoms with Gasteiger partial charge in [-0.3, -0.25) is 9.48 Å². The number of carbonyl (C=O) groups is 1. The zero-order chi connectivity index (χ0) is 20.3. The number of rotatable bonds is 7. The molecule has 0 saturated heterocycles. The molecule has 0 atom stereocenters. The Bertz CT molecular complexity index is 1060. The summed E-state index contributed by atoms with van der Waals surface area (Å²) in [4.78, 5) is 17.6. The van der Waals surface area contributed by atoms with Crippen molar-refractivity contribution in [3.8, 4) is 11.5 Å². The van der Waals surface area contributed by atoms with E-state index in [4.69, 9.17) is 14.2 Å². The van der Waals surface area contributed by atoms with Crippen LogP contribution in [0, 0.1) is 6.92 Å². The zero-order valence-corrected chi connectivity index (χ0v) is 17.5. The fourth-order valence-corrected chi connectivity index (χ4v) is 4.02. The van der Waals surface area contributed by atoms with Crippen LogP contribution < -0.4 is 14.3 Å². The molecule has 8 nitrogen and oxygen atoms in total. The third-order valence-electron chi connectivity index (χ3n) is 4.40. The molecule has 0 aliphatic rings. The van der Waals surface area contributed by atoms with E-state index in [1.807, 2.05) is 30.5 Å². The summed E-state index contributed by atoms with van der Waals surface area (Å²) < 4.78 is 20.7. The number of fused-ring (bicyclic) bond motifs is 1. The first-order valence-electron chi connectivity index (χ1n) is 8.90. The van der Waals surface area contributed by atoms with Crippen molar-refractivity contribution in [2.45, 2.75) is 26.9 Å². The maximum atomic E-state index is 12.7. The number of methoxy groups -OCH3 is 3. The third kappa shape index (κ3) is 3.81. The van der Waals surface area contributed by atoms with Crippen LogP contribution in [0.15, 0.2) is 23.2 Å². The molecule has 2 aromatic heterocycles. The second-order valence-corrected chi connectivity index (χ2v) is 7.12. The average molecular weight is 404 g/mol. The summed E-state index contributed by atoms with van der Waals surface area (Å²) >= 11 is 1.41. The van der Waals surface area contributed by atoms with E-state index in [1.165, 1.54) is 11.3 Å². The van der Waals surface area contributed by atoms with Gasteiger partial charge in [-0.05, 0) is 19.9 Å². The van der Waals surface area contributed by atoms with Crippen LogP contribution in [-0.2, 0) is 17.8 Å². The van der Waals surface area contributed by atoms with Gasteiger partial charge in [-0.15, -0.1) is 0 Å². The minimum absolute atomic E-state index is 0.338. The van der Waals surface area contributed by atoms with Crippen molar-refractivity contribution in [1.82, 2.24) is 14.3 Å². The lowest BCUT2D eigenvalue weighted by atomic mass is 10.3. The van der Waals surface area contributed by atoms with E-state index < -0.39 is 0 Å². The van der Waals surface area contributed by atoms with Gasteiger partial charge in [0.25, 0.3) is 5.91 Å². The number of amides is 1. The minimum atomic E-state index is -0.369. The number of hydrogen-bond donors (Lipinski definition) is 0. The molecule has 3 rings (SSSR count). The van der Waals surface area contributed by atoms with Gasteiger partial charge in [-0.25, -0.2) is 0 Å². The van der Waals surface area contributed by atoms with Crippen LogP contribution in [0.5, 0.6) is 11.5 Å². The highest BCUT2D eigenvalue weighted by molar-refractivity contribution is 7.16. The fraction of sp³-hybridized carbons (Fsp3) is 0.421. The molecule has 0 bridgehead atoms. The molecule has 1 aromatic carbocycles. The van der Waals surface area contributed by atoms with Crippen molar-refractivity contribution >= 4 is 27.5 Å². The largest absolute Gasteiger partial charge is 0.493 e. The molecule has 0 aliphatic heterocycles. The Balaban J connectivity index is 2.14. The number of benzene rings is 1. The van der Waals surface area contributed by atoms with Crippen molar-refractivity contribution in [2.24, 2.45) is 4.99 Å². The van der Waals surface area contributed by atoms with Crippen LogP contribution >= 0.6 is 11.3 Å². The quantitative estimate of drug-likeness (QED) is 0.605. The number of hydrogen-bond acceptors (Lipinski definition) is 6. The first-order valence-corrected chi connectivity index (χ1v) is 9.71. The second kappa shape index (κ2) is 8.57. The van der Waals surface area contributed by atoms with Gasteiger partial charge in [-0.2, -0.15) is 10.1 Å². The maximum Gasteiger partial charge on any atom is 0.300 e. The van der Waals surface area contributed by atoms with E-state index in [0.717, 1.165) is 15.9 Å². The van der Waals surface area contributed by atoms with Crippen LogP contribution in [0.25, 0.3) is 10.2 Å². The van der Waals surface area contributed by atoms with E-state index in [2.05, 4.69) is 10.1 Å². The van der Waals surface area contributed by atoms with Crippen LogP contribution in [-0.4, -0.2) is 48.2 Å². The smallest absolute Gasteiger partial charge is 0.300 e. The molecular formula is C19H24N4O4S. The summed E-state index contributed by atoms with van der Waals surface area (Å²) in [5.41, 5.74) is 2.17. The third-order valence-corrected chi connectivity index (χ3v) is 5.45. The van der Waals surface area contributed by atoms with Crippen LogP contribution in [0.4, 0.5) is 0 Å². The molecule has 0 saturated carbocycles. The van der Waals surface area contributed by atoms with Gasteiger partial charge in [0.2, 0.25) is 0 Å². The SMILES string of the molecule is CCn1nc(C(=O)N=c2sc3cc(OC)c(OC)cc3n2CCOC)cc1C. The molecule has 0 radical (unpaired) electrons. The molecule has 1 amide bonds. The van der Waals surface area contributed by atoms with Crippen molar-refractivity contribution in [2.75, 3.05) is 27.9 Å². The van der Waals surface area contributed by atoms with E-state index in [9.17, 15) is 4.79 Å². The standard InChI is InChI=1S/C19H24N4O4S/c1-6-23-12(2)9-13(21-23)18(24)20-19-22(7-8-25-3)14-10-15(26-4)16(27-5)11-17(14)28-19/h9-11H,6-8H2,1-5H3. The van der Waals surface area contributed by atoms with E-state index in [0.29, 0.717) is 41.7 Å². The molecule has 9 heteroatoms. The Morgan fingerprint density at radius 1 is 1.18 bits per heavy atom. The summed E-state index contributed by atoms with van der Waals surface area (Å²) in [6.45, 7) is 5.65. The summed E-state index contributed by atoms with van der Waals surface area (Å²) in [5, 5.41) is 4.33. The van der Waals surface area contributed by atoms with E-state index >= 15 is 0 Å². The van der Waals surface area contributed by atoms with Gasteiger partial charge in [-0.1, -0.05) is 11.3 Å². The first kappa shape index (κ1) is 20.1. The summed E-state index contributed by atoms with van der Waals surface area (Å²) in [7, 11) is 4.83. The number of nitrogens with zero attached hydrogens (tertiary/aromatic N) is 4. The summed E-state index contributed by atoms with van der Waals surface area (Å²) in [5.74, 6) is 0.881. The van der Waals surface area contributed by atoms with Crippen LogP contribution in [0.2, 0.25) is 0 Å². The molecule has 2 heterocycles. The maximum absolute atomic E-state index is 12.7. The average Bonchev–Trinajstić information content (AvgIpc) is 3.24. The number of carbonyl (C=O) groups excluding carboxylic acids is 1. The summed E-state index contributed by atoms with van der Waals surface area (Å²) in [6.07, 6.45) is 0. The van der Waals surface area contributed by atoms with Crippen molar-refractivity contribution in [1.29, 1.82) is 0 Å². The normalized spacial score (nSPS) is 12.0. The molecule has 0 aliphatic carbocycles. The molecule has 0 spiro atoms. The number of aromatic nitrogens is 3. The van der Waals surface area contributed by atoms with Gasteiger partial charge in [0.15, 0.2) is 22.0 Å². The predicted molar refractivity (Wildman–Crippen MR) is 107 cm³/mol. The number of aryl methyl sites for hydroxylation is 2. The van der Waals surface area contributed by atoms with Gasteiger partial charge in [0.1, 0.15) is 0 Å². The Hall–Kier alpha value is -2.65. The lowest BCUT2D eigenvalue weighted by Crippen LogP contribution is -2.19. The molecule has 0 N–H and O–H groups in total. The van der Waals surface area contributed by atoms with Crippen LogP contribution in [0.3, 0.4) is 0 Å². The van der Waals surface area contributed by atoms with Gasteiger partial charge in [0, 0.05) is 38.0 Å². The van der Waals surface area contributed by atoms with E-state index in [1.54, 1.807) is 32.1 Å². The topological polar surface area (TPSA) is 79.9 Å². The minimum Gasteiger partial charge on any atom is -0.493 e. The van der Waals surface area contributed by atoms with Gasteiger partial charge in [0.05, 0.1) is 31.0 Å². The Kier molecular flexibility index (Phi) is 6.15. The highest BCUT2D eigenvalue weighted by atomic mass is 32.1.